The van der Waals surface area contributed by atoms with Crippen LogP contribution in [0.15, 0.2) is 30.3 Å². The maximum Gasteiger partial charge on any atom is 0.290 e. The molecule has 0 unspecified atom stereocenters. The van der Waals surface area contributed by atoms with E-state index < -0.39 is 21.8 Å². The molecular weight excluding hydrogens is 282 g/mol. The highest BCUT2D eigenvalue weighted by Crippen LogP contribution is 2.27. The van der Waals surface area contributed by atoms with Gasteiger partial charge in [-0.1, -0.05) is 30.3 Å². The van der Waals surface area contributed by atoms with Crippen LogP contribution in [0.25, 0.3) is 0 Å². The van der Waals surface area contributed by atoms with Gasteiger partial charge in [-0.05, 0) is 13.8 Å². The molecule has 1 rings (SSSR count). The molecule has 0 spiro atoms. The Kier molecular flexibility index (Phi) is 5.27. The Morgan fingerprint density at radius 2 is 1.75 bits per heavy atom. The van der Waals surface area contributed by atoms with E-state index in [1.165, 1.54) is 17.0 Å². The molecule has 0 radical (unpaired) electrons. The lowest BCUT2D eigenvalue weighted by Gasteiger charge is -2.31. The summed E-state index contributed by atoms with van der Waals surface area (Å²) < 4.78 is 27.4. The van der Waals surface area contributed by atoms with Crippen molar-refractivity contribution in [2.45, 2.75) is 19.6 Å². The number of benzene rings is 1. The van der Waals surface area contributed by atoms with Gasteiger partial charge in [0.05, 0.1) is 6.26 Å². The number of amides is 1. The first-order chi connectivity index (χ1) is 9.24. The second kappa shape index (κ2) is 6.34. The maximum atomic E-state index is 12.4. The average Bonchev–Trinajstić information content (AvgIpc) is 2.39. The van der Waals surface area contributed by atoms with Crippen molar-refractivity contribution in [3.05, 3.63) is 35.9 Å². The molecule has 0 saturated heterocycles. The maximum absolute atomic E-state index is 12.4. The van der Waals surface area contributed by atoms with Crippen LogP contribution in [-0.2, 0) is 24.9 Å². The van der Waals surface area contributed by atoms with Crippen molar-refractivity contribution < 1.29 is 22.5 Å². The topological polar surface area (TPSA) is 83.9 Å². The molecule has 1 aromatic rings. The van der Waals surface area contributed by atoms with Crippen LogP contribution in [0.4, 0.5) is 0 Å². The van der Waals surface area contributed by atoms with Gasteiger partial charge in [-0.15, -0.1) is 0 Å². The van der Waals surface area contributed by atoms with Gasteiger partial charge in [0.1, 0.15) is 0 Å². The van der Waals surface area contributed by atoms with Crippen molar-refractivity contribution in [2.24, 2.45) is 0 Å². The van der Waals surface area contributed by atoms with Crippen molar-refractivity contribution in [1.82, 2.24) is 4.90 Å². The smallest absolute Gasteiger partial charge is 0.290 e. The number of rotatable bonds is 6. The van der Waals surface area contributed by atoms with Crippen molar-refractivity contribution in [3.8, 4) is 0 Å². The summed E-state index contributed by atoms with van der Waals surface area (Å²) in [6.07, 6.45) is 0.788. The predicted octanol–water partition coefficient (Wildman–Crippen LogP) is 0.676. The summed E-state index contributed by atoms with van der Waals surface area (Å²) in [7, 11) is -4.02. The fraction of sp³-hybridized carbons (Fsp3) is 0.462. The first kappa shape index (κ1) is 16.6. The largest absolute Gasteiger partial charge is 0.354 e. The van der Waals surface area contributed by atoms with E-state index in [-0.39, 0.29) is 5.56 Å². The quantitative estimate of drug-likeness (QED) is 0.617. The average molecular weight is 301 g/mol. The summed E-state index contributed by atoms with van der Waals surface area (Å²) >= 11 is 0. The minimum absolute atomic E-state index is 0.0716. The van der Waals surface area contributed by atoms with Gasteiger partial charge in [-0.25, -0.2) is 4.18 Å². The molecule has 0 aromatic heterocycles. The number of hydrogen-bond donors (Lipinski definition) is 1. The van der Waals surface area contributed by atoms with Crippen molar-refractivity contribution in [1.29, 1.82) is 0 Å². The molecule has 7 heteroatoms. The van der Waals surface area contributed by atoms with E-state index in [4.69, 9.17) is 4.18 Å². The molecule has 0 bridgehead atoms. The second-order valence-corrected chi connectivity index (χ2v) is 5.85. The van der Waals surface area contributed by atoms with Gasteiger partial charge in [0.25, 0.3) is 21.8 Å². The Balaban J connectivity index is 3.31. The molecule has 1 atom stereocenters. The van der Waals surface area contributed by atoms with Crippen molar-refractivity contribution in [3.63, 3.8) is 0 Å². The molecule has 20 heavy (non-hydrogen) atoms. The van der Waals surface area contributed by atoms with E-state index in [2.05, 4.69) is 0 Å². The Morgan fingerprint density at radius 1 is 1.25 bits per heavy atom. The van der Waals surface area contributed by atoms with E-state index in [0.717, 1.165) is 6.26 Å². The van der Waals surface area contributed by atoms with E-state index in [0.29, 0.717) is 13.1 Å². The number of hydrogen-bond acceptors (Lipinski definition) is 5. The Labute approximate surface area is 119 Å². The number of aliphatic hydroxyl groups is 1. The second-order valence-electron chi connectivity index (χ2n) is 4.27. The number of carbonyl (C=O) groups is 1. The van der Waals surface area contributed by atoms with Gasteiger partial charge in [0, 0.05) is 18.7 Å². The molecule has 1 amide bonds. The SMILES string of the molecule is CCN(CC)C(=O)[C@](O)(OS(C)(=O)=O)c1ccccc1. The van der Waals surface area contributed by atoms with Crippen LogP contribution in [-0.4, -0.2) is 43.7 Å². The Bertz CT molecular complexity index is 553. The van der Waals surface area contributed by atoms with Crippen LogP contribution in [0.3, 0.4) is 0 Å². The van der Waals surface area contributed by atoms with Crippen LogP contribution in [0.2, 0.25) is 0 Å². The van der Waals surface area contributed by atoms with Crippen LogP contribution in [0, 0.1) is 0 Å². The zero-order chi connectivity index (χ0) is 15.4. The normalized spacial score (nSPS) is 14.6. The third-order valence-electron chi connectivity index (χ3n) is 2.78. The minimum Gasteiger partial charge on any atom is -0.354 e. The third kappa shape index (κ3) is 3.78. The molecule has 112 valence electrons. The zero-order valence-electron chi connectivity index (χ0n) is 11.7. The lowest BCUT2D eigenvalue weighted by molar-refractivity contribution is -0.188. The standard InChI is InChI=1S/C13H19NO5S/c1-4-14(5-2)12(15)13(16,19-20(3,17)18)11-9-7-6-8-10-11/h6-10,16H,4-5H2,1-3H3/t13-/m1/s1. The Hall–Kier alpha value is -1.44. The lowest BCUT2D eigenvalue weighted by Crippen LogP contribution is -2.49. The van der Waals surface area contributed by atoms with E-state index in [1.807, 2.05) is 0 Å². The summed E-state index contributed by atoms with van der Waals surface area (Å²) in [4.78, 5) is 13.7. The van der Waals surface area contributed by atoms with Gasteiger partial charge in [0.15, 0.2) is 0 Å². The van der Waals surface area contributed by atoms with Gasteiger partial charge < -0.3 is 10.0 Å². The first-order valence-corrected chi connectivity index (χ1v) is 8.04. The van der Waals surface area contributed by atoms with Crippen LogP contribution >= 0.6 is 0 Å². The van der Waals surface area contributed by atoms with Crippen LogP contribution in [0.5, 0.6) is 0 Å². The molecular formula is C13H19NO5S. The molecule has 0 heterocycles. The summed E-state index contributed by atoms with van der Waals surface area (Å²) in [5.74, 6) is -3.35. The highest BCUT2D eigenvalue weighted by atomic mass is 32.2. The molecule has 1 N–H and O–H groups in total. The van der Waals surface area contributed by atoms with Crippen molar-refractivity contribution >= 4 is 16.0 Å². The van der Waals surface area contributed by atoms with E-state index in [1.54, 1.807) is 32.0 Å². The molecule has 1 aromatic carbocycles. The van der Waals surface area contributed by atoms with Gasteiger partial charge in [-0.2, -0.15) is 8.42 Å². The number of nitrogens with zero attached hydrogens (tertiary/aromatic N) is 1. The van der Waals surface area contributed by atoms with Gasteiger partial charge in [0.2, 0.25) is 0 Å². The highest BCUT2D eigenvalue weighted by molar-refractivity contribution is 7.86. The molecule has 0 aliphatic rings. The summed E-state index contributed by atoms with van der Waals surface area (Å²) in [5, 5.41) is 10.5. The molecule has 0 saturated carbocycles. The summed E-state index contributed by atoms with van der Waals surface area (Å²) in [6.45, 7) is 4.12. The van der Waals surface area contributed by atoms with E-state index in [9.17, 15) is 18.3 Å². The number of carbonyl (C=O) groups excluding carboxylic acids is 1. The van der Waals surface area contributed by atoms with Gasteiger partial charge in [-0.3, -0.25) is 4.79 Å². The monoisotopic (exact) mass is 301 g/mol. The van der Waals surface area contributed by atoms with Crippen LogP contribution < -0.4 is 0 Å². The van der Waals surface area contributed by atoms with Gasteiger partial charge >= 0.3 is 0 Å². The summed E-state index contributed by atoms with van der Waals surface area (Å²) in [5.41, 5.74) is 0.0716. The lowest BCUT2D eigenvalue weighted by atomic mass is 10.0. The third-order valence-corrected chi connectivity index (χ3v) is 3.32. The first-order valence-electron chi connectivity index (χ1n) is 6.22. The van der Waals surface area contributed by atoms with E-state index >= 15 is 0 Å². The fourth-order valence-corrected chi connectivity index (χ4v) is 2.42. The highest BCUT2D eigenvalue weighted by Gasteiger charge is 2.45. The fourth-order valence-electron chi connectivity index (χ4n) is 1.82. The zero-order valence-corrected chi connectivity index (χ0v) is 12.6. The molecule has 0 aliphatic carbocycles. The molecule has 6 nitrogen and oxygen atoms in total. The van der Waals surface area contributed by atoms with Crippen LogP contribution in [0.1, 0.15) is 19.4 Å². The predicted molar refractivity (Wildman–Crippen MR) is 74.2 cm³/mol. The summed E-state index contributed by atoms with van der Waals surface area (Å²) in [6, 6.07) is 7.73. The molecule has 0 aliphatic heterocycles. The molecule has 0 fully saturated rings. The van der Waals surface area contributed by atoms with Crippen molar-refractivity contribution in [2.75, 3.05) is 19.3 Å². The minimum atomic E-state index is -4.02. The number of likely N-dealkylation sites (N-methyl/N-ethyl adjacent to an activating group) is 1. The Morgan fingerprint density at radius 3 is 2.15 bits per heavy atom.